The average Bonchev–Trinajstić information content (AvgIpc) is 3.32. The van der Waals surface area contributed by atoms with Crippen LogP contribution in [0.15, 0.2) is 18.2 Å². The van der Waals surface area contributed by atoms with Gasteiger partial charge >= 0.3 is 5.97 Å². The molecule has 0 aliphatic carbocycles. The lowest BCUT2D eigenvalue weighted by atomic mass is 9.94. The number of ether oxygens (including phenoxy) is 3. The number of aryl methyl sites for hydroxylation is 1. The van der Waals surface area contributed by atoms with Crippen LogP contribution in [-0.2, 0) is 9.53 Å². The van der Waals surface area contributed by atoms with Crippen LogP contribution in [0.3, 0.4) is 0 Å². The molecule has 0 bridgehead atoms. The van der Waals surface area contributed by atoms with Crippen LogP contribution < -0.4 is 9.47 Å². The number of hydrogen-bond donors (Lipinski definition) is 1. The van der Waals surface area contributed by atoms with E-state index in [-0.39, 0.29) is 23.8 Å². The molecule has 2 unspecified atom stereocenters. The fourth-order valence-electron chi connectivity index (χ4n) is 4.38. The number of aromatic nitrogens is 3. The van der Waals surface area contributed by atoms with E-state index in [1.54, 1.807) is 14.0 Å². The number of nitrogens with zero attached hydrogens (tertiary/aromatic N) is 4. The van der Waals surface area contributed by atoms with Crippen LogP contribution in [-0.4, -0.2) is 64.0 Å². The molecule has 4 rings (SSSR count). The van der Waals surface area contributed by atoms with Gasteiger partial charge in [0, 0.05) is 6.54 Å². The van der Waals surface area contributed by atoms with E-state index < -0.39 is 0 Å². The van der Waals surface area contributed by atoms with Crippen LogP contribution in [0.25, 0.3) is 4.96 Å². The molecule has 178 valence electrons. The number of thiazole rings is 1. The van der Waals surface area contributed by atoms with Gasteiger partial charge in [-0.05, 0) is 57.9 Å². The Kier molecular flexibility index (Phi) is 7.04. The van der Waals surface area contributed by atoms with E-state index in [1.165, 1.54) is 15.9 Å². The van der Waals surface area contributed by atoms with Crippen molar-refractivity contribution in [3.63, 3.8) is 0 Å². The number of esters is 1. The van der Waals surface area contributed by atoms with Gasteiger partial charge in [0.1, 0.15) is 5.82 Å². The summed E-state index contributed by atoms with van der Waals surface area (Å²) in [5.74, 6) is 1.56. The lowest BCUT2D eigenvalue weighted by molar-refractivity contribution is -0.150. The Morgan fingerprint density at radius 2 is 2.12 bits per heavy atom. The number of hydrogen-bond acceptors (Lipinski definition) is 9. The summed E-state index contributed by atoms with van der Waals surface area (Å²) in [6, 6.07) is 5.49. The molecule has 1 N–H and O–H groups in total. The lowest BCUT2D eigenvalue weighted by Crippen LogP contribution is -2.41. The van der Waals surface area contributed by atoms with Crippen LogP contribution in [0.1, 0.15) is 49.0 Å². The third-order valence-corrected chi connectivity index (χ3v) is 6.87. The molecule has 3 aromatic rings. The number of likely N-dealkylation sites (tertiary alicyclic amines) is 1. The molecule has 9 nitrogen and oxygen atoms in total. The van der Waals surface area contributed by atoms with E-state index in [0.29, 0.717) is 42.0 Å². The molecule has 1 saturated heterocycles. The fourth-order valence-corrected chi connectivity index (χ4v) is 5.54. The minimum absolute atomic E-state index is 0.0618. The maximum atomic E-state index is 12.5. The zero-order valence-corrected chi connectivity index (χ0v) is 20.2. The molecule has 0 amide bonds. The number of rotatable bonds is 8. The highest BCUT2D eigenvalue weighted by molar-refractivity contribution is 7.17. The van der Waals surface area contributed by atoms with Gasteiger partial charge in [-0.1, -0.05) is 17.4 Å². The zero-order chi connectivity index (χ0) is 23.5. The molecular weight excluding hydrogens is 444 g/mol. The smallest absolute Gasteiger partial charge is 0.310 e. The molecule has 2 atom stereocenters. The summed E-state index contributed by atoms with van der Waals surface area (Å²) in [6.07, 6.45) is 1.64. The Bertz CT molecular complexity index is 1130. The summed E-state index contributed by atoms with van der Waals surface area (Å²) in [5.41, 5.74) is 0.927. The van der Waals surface area contributed by atoms with Crippen LogP contribution in [0.4, 0.5) is 0 Å². The molecule has 1 fully saturated rings. The molecule has 2 aromatic heterocycles. The molecule has 3 heterocycles. The topological polar surface area (TPSA) is 98.4 Å². The first kappa shape index (κ1) is 23.3. The number of fused-ring (bicyclic) bond motifs is 1. The van der Waals surface area contributed by atoms with Crippen molar-refractivity contribution in [1.29, 1.82) is 0 Å². The summed E-state index contributed by atoms with van der Waals surface area (Å²) in [7, 11) is 1.61. The molecule has 0 saturated carbocycles. The van der Waals surface area contributed by atoms with Gasteiger partial charge in [0.05, 0.1) is 37.2 Å². The first-order chi connectivity index (χ1) is 16.0. The monoisotopic (exact) mass is 474 g/mol. The summed E-state index contributed by atoms with van der Waals surface area (Å²) < 4.78 is 18.1. The third kappa shape index (κ3) is 4.63. The predicted octanol–water partition coefficient (Wildman–Crippen LogP) is 3.58. The highest BCUT2D eigenvalue weighted by Crippen LogP contribution is 2.43. The minimum atomic E-state index is -0.305. The van der Waals surface area contributed by atoms with Crippen LogP contribution in [0, 0.1) is 12.8 Å². The van der Waals surface area contributed by atoms with Crippen LogP contribution >= 0.6 is 11.3 Å². The van der Waals surface area contributed by atoms with E-state index in [4.69, 9.17) is 14.2 Å². The Hall–Kier alpha value is -2.85. The van der Waals surface area contributed by atoms with Gasteiger partial charge in [0.2, 0.25) is 10.8 Å². The van der Waals surface area contributed by atoms with Crippen molar-refractivity contribution in [1.82, 2.24) is 19.5 Å². The second-order valence-corrected chi connectivity index (χ2v) is 8.98. The van der Waals surface area contributed by atoms with E-state index in [1.807, 2.05) is 32.0 Å². The predicted molar refractivity (Wildman–Crippen MR) is 124 cm³/mol. The first-order valence-electron chi connectivity index (χ1n) is 11.2. The number of aromatic hydroxyl groups is 1. The Balaban J connectivity index is 1.78. The van der Waals surface area contributed by atoms with Crippen molar-refractivity contribution in [3.05, 3.63) is 34.5 Å². The molecule has 33 heavy (non-hydrogen) atoms. The maximum absolute atomic E-state index is 12.5. The zero-order valence-electron chi connectivity index (χ0n) is 19.4. The average molecular weight is 475 g/mol. The molecule has 1 aromatic carbocycles. The second-order valence-electron chi connectivity index (χ2n) is 7.98. The third-order valence-electron chi connectivity index (χ3n) is 5.80. The normalized spacial score (nSPS) is 17.8. The van der Waals surface area contributed by atoms with Crippen molar-refractivity contribution in [2.24, 2.45) is 5.92 Å². The molecule has 0 radical (unpaired) electrons. The SMILES string of the molecule is CCOC(=O)C1CCCN(C(c2ccc(OCC)c(OC)c2)c2sc3nc(C)nn3c2O)C1. The maximum Gasteiger partial charge on any atom is 0.310 e. The first-order valence-corrected chi connectivity index (χ1v) is 12.0. The van der Waals surface area contributed by atoms with E-state index in [9.17, 15) is 9.90 Å². The molecule has 1 aliphatic heterocycles. The Morgan fingerprint density at radius 1 is 1.30 bits per heavy atom. The minimum Gasteiger partial charge on any atom is -0.493 e. The van der Waals surface area contributed by atoms with Gasteiger partial charge in [-0.2, -0.15) is 4.52 Å². The lowest BCUT2D eigenvalue weighted by Gasteiger charge is -2.37. The van der Waals surface area contributed by atoms with Crippen LogP contribution in [0.5, 0.6) is 17.4 Å². The van der Waals surface area contributed by atoms with Gasteiger partial charge in [-0.3, -0.25) is 9.69 Å². The number of carbonyl (C=O) groups is 1. The molecule has 0 spiro atoms. The highest BCUT2D eigenvalue weighted by atomic mass is 32.1. The van der Waals surface area contributed by atoms with Gasteiger partial charge in [0.25, 0.3) is 0 Å². The van der Waals surface area contributed by atoms with Gasteiger partial charge in [-0.25, -0.2) is 4.98 Å². The van der Waals surface area contributed by atoms with Gasteiger partial charge in [-0.15, -0.1) is 5.10 Å². The summed E-state index contributed by atoms with van der Waals surface area (Å²) in [6.45, 7) is 7.74. The van der Waals surface area contributed by atoms with Crippen LogP contribution in [0.2, 0.25) is 0 Å². The number of carbonyl (C=O) groups excluding carboxylic acids is 1. The molecule has 10 heteroatoms. The number of piperidine rings is 1. The van der Waals surface area contributed by atoms with E-state index >= 15 is 0 Å². The summed E-state index contributed by atoms with van der Waals surface area (Å²) >= 11 is 1.40. The molecule has 1 aliphatic rings. The summed E-state index contributed by atoms with van der Waals surface area (Å²) in [5, 5.41) is 15.4. The van der Waals surface area contributed by atoms with E-state index in [0.717, 1.165) is 29.8 Å². The van der Waals surface area contributed by atoms with Crippen molar-refractivity contribution in [2.75, 3.05) is 33.4 Å². The molecular formula is C23H30N4O5S. The second kappa shape index (κ2) is 9.96. The van der Waals surface area contributed by atoms with E-state index in [2.05, 4.69) is 15.0 Å². The Morgan fingerprint density at radius 3 is 2.82 bits per heavy atom. The van der Waals surface area contributed by atoms with Crippen molar-refractivity contribution < 1.29 is 24.1 Å². The number of benzene rings is 1. The fraction of sp³-hybridized carbons (Fsp3) is 0.522. The van der Waals surface area contributed by atoms with Gasteiger partial charge < -0.3 is 19.3 Å². The Labute approximate surface area is 196 Å². The largest absolute Gasteiger partial charge is 0.493 e. The quantitative estimate of drug-likeness (QED) is 0.495. The highest BCUT2D eigenvalue weighted by Gasteiger charge is 2.35. The van der Waals surface area contributed by atoms with Crippen molar-refractivity contribution in [2.45, 2.75) is 39.7 Å². The number of methoxy groups -OCH3 is 1. The standard InChI is InChI=1S/C23H30N4O5S/c1-5-31-17-10-9-15(12-18(17)30-4)19(20-21(28)27-23(33-20)24-14(3)25-27)26-11-7-8-16(13-26)22(29)32-6-2/h9-10,12,16,19,28H,5-8,11,13H2,1-4H3. The summed E-state index contributed by atoms with van der Waals surface area (Å²) in [4.78, 5) is 20.5. The van der Waals surface area contributed by atoms with Crippen molar-refractivity contribution in [3.8, 4) is 17.4 Å². The van der Waals surface area contributed by atoms with Gasteiger partial charge in [0.15, 0.2) is 11.5 Å². The van der Waals surface area contributed by atoms with Crippen molar-refractivity contribution >= 4 is 22.3 Å².